The molecule has 2 atom stereocenters. The third kappa shape index (κ3) is 3.45. The zero-order chi connectivity index (χ0) is 14.6. The number of benzene rings is 1. The van der Waals surface area contributed by atoms with Crippen LogP contribution in [0.2, 0.25) is 0 Å². The van der Waals surface area contributed by atoms with Crippen molar-refractivity contribution in [3.63, 3.8) is 0 Å². The van der Waals surface area contributed by atoms with E-state index in [9.17, 15) is 0 Å². The summed E-state index contributed by atoms with van der Waals surface area (Å²) < 4.78 is 11.9. The molecule has 0 aromatic heterocycles. The van der Waals surface area contributed by atoms with E-state index in [0.29, 0.717) is 6.61 Å². The van der Waals surface area contributed by atoms with E-state index in [1.165, 1.54) is 12.8 Å². The zero-order valence-corrected chi connectivity index (χ0v) is 12.9. The minimum Gasteiger partial charge on any atom is -0.490 e. The quantitative estimate of drug-likeness (QED) is 0.891. The summed E-state index contributed by atoms with van der Waals surface area (Å²) in [6.45, 7) is 7.27. The van der Waals surface area contributed by atoms with Crippen molar-refractivity contribution >= 4 is 0 Å². The molecule has 1 saturated carbocycles. The van der Waals surface area contributed by atoms with Gasteiger partial charge in [0.25, 0.3) is 0 Å². The van der Waals surface area contributed by atoms with E-state index < -0.39 is 0 Å². The summed E-state index contributed by atoms with van der Waals surface area (Å²) in [6, 6.07) is 7.95. The summed E-state index contributed by atoms with van der Waals surface area (Å²) in [4.78, 5) is 0. The molecule has 0 spiro atoms. The van der Waals surface area contributed by atoms with Crippen molar-refractivity contribution in [2.75, 3.05) is 6.61 Å². The summed E-state index contributed by atoms with van der Waals surface area (Å²) >= 11 is 0. The summed E-state index contributed by atoms with van der Waals surface area (Å²) in [5, 5.41) is 0. The Bertz CT molecular complexity index is 431. The highest BCUT2D eigenvalue weighted by molar-refractivity contribution is 5.39. The molecule has 20 heavy (non-hydrogen) atoms. The Hall–Kier alpha value is -1.22. The molecule has 2 unspecified atom stereocenters. The maximum atomic E-state index is 6.39. The van der Waals surface area contributed by atoms with Crippen molar-refractivity contribution in [3.8, 4) is 11.5 Å². The predicted octanol–water partition coefficient (Wildman–Crippen LogP) is 3.76. The Labute approximate surface area is 122 Å². The Balaban J connectivity index is 2.09. The summed E-state index contributed by atoms with van der Waals surface area (Å²) in [6.07, 6.45) is 4.42. The molecule has 2 rings (SSSR count). The van der Waals surface area contributed by atoms with E-state index in [4.69, 9.17) is 15.2 Å². The third-order valence-corrected chi connectivity index (χ3v) is 4.20. The number of hydrogen-bond donors (Lipinski definition) is 1. The van der Waals surface area contributed by atoms with Crippen LogP contribution >= 0.6 is 0 Å². The standard InChI is InChI=1S/C17H27NO2/c1-4-12-19-13-8-5-6-9-14(13)20-15-10-7-11-17(2,3)16(15)18/h5-6,8-9,15-16H,4,7,10-12,18H2,1-3H3. The first-order chi connectivity index (χ1) is 9.54. The number of para-hydroxylation sites is 2. The molecule has 0 bridgehead atoms. The topological polar surface area (TPSA) is 44.5 Å². The minimum absolute atomic E-state index is 0.0653. The molecule has 2 N–H and O–H groups in total. The van der Waals surface area contributed by atoms with Crippen LogP contribution in [0.15, 0.2) is 24.3 Å². The van der Waals surface area contributed by atoms with Crippen molar-refractivity contribution in [1.29, 1.82) is 0 Å². The maximum Gasteiger partial charge on any atom is 0.161 e. The second-order valence-electron chi connectivity index (χ2n) is 6.36. The van der Waals surface area contributed by atoms with Crippen LogP contribution in [0.1, 0.15) is 46.5 Å². The SMILES string of the molecule is CCCOc1ccccc1OC1CCCC(C)(C)C1N. The van der Waals surface area contributed by atoms with Crippen LogP contribution < -0.4 is 15.2 Å². The fourth-order valence-corrected chi connectivity index (χ4v) is 2.78. The van der Waals surface area contributed by atoms with E-state index in [0.717, 1.165) is 24.3 Å². The molecule has 1 aliphatic rings. The van der Waals surface area contributed by atoms with Crippen molar-refractivity contribution in [3.05, 3.63) is 24.3 Å². The van der Waals surface area contributed by atoms with Gasteiger partial charge in [-0.1, -0.05) is 32.9 Å². The van der Waals surface area contributed by atoms with Gasteiger partial charge < -0.3 is 15.2 Å². The van der Waals surface area contributed by atoms with Gasteiger partial charge in [-0.3, -0.25) is 0 Å². The normalized spacial score (nSPS) is 25.2. The first-order valence-corrected chi connectivity index (χ1v) is 7.68. The molecule has 112 valence electrons. The number of nitrogens with two attached hydrogens (primary N) is 1. The Morgan fingerprint density at radius 2 is 1.95 bits per heavy atom. The molecule has 0 radical (unpaired) electrons. The number of hydrogen-bond acceptors (Lipinski definition) is 3. The van der Waals surface area contributed by atoms with Crippen LogP contribution in [-0.4, -0.2) is 18.8 Å². The molecule has 0 heterocycles. The van der Waals surface area contributed by atoms with Gasteiger partial charge in [0.05, 0.1) is 6.61 Å². The summed E-state index contributed by atoms with van der Waals surface area (Å²) in [7, 11) is 0. The molecular weight excluding hydrogens is 250 g/mol. The second kappa shape index (κ2) is 6.49. The van der Waals surface area contributed by atoms with Gasteiger partial charge in [0.1, 0.15) is 6.10 Å². The molecule has 0 saturated heterocycles. The van der Waals surface area contributed by atoms with E-state index in [-0.39, 0.29) is 17.6 Å². The summed E-state index contributed by atoms with van der Waals surface area (Å²) in [5.41, 5.74) is 6.53. The molecule has 0 aliphatic heterocycles. The highest BCUT2D eigenvalue weighted by atomic mass is 16.5. The highest BCUT2D eigenvalue weighted by Gasteiger charge is 2.38. The van der Waals surface area contributed by atoms with Crippen LogP contribution in [0, 0.1) is 5.41 Å². The van der Waals surface area contributed by atoms with Gasteiger partial charge in [-0.25, -0.2) is 0 Å². The van der Waals surface area contributed by atoms with Crippen LogP contribution in [-0.2, 0) is 0 Å². The molecule has 3 heteroatoms. The van der Waals surface area contributed by atoms with Gasteiger partial charge in [-0.2, -0.15) is 0 Å². The lowest BCUT2D eigenvalue weighted by Gasteiger charge is -2.41. The van der Waals surface area contributed by atoms with Crippen LogP contribution in [0.25, 0.3) is 0 Å². The van der Waals surface area contributed by atoms with E-state index in [1.807, 2.05) is 24.3 Å². The lowest BCUT2D eigenvalue weighted by Crippen LogP contribution is -2.51. The fraction of sp³-hybridized carbons (Fsp3) is 0.647. The van der Waals surface area contributed by atoms with E-state index in [2.05, 4.69) is 20.8 Å². The van der Waals surface area contributed by atoms with Gasteiger partial charge in [-0.05, 0) is 43.2 Å². The van der Waals surface area contributed by atoms with Gasteiger partial charge in [0, 0.05) is 6.04 Å². The van der Waals surface area contributed by atoms with Crippen LogP contribution in [0.3, 0.4) is 0 Å². The Kier molecular flexibility index (Phi) is 4.92. The molecule has 1 aromatic rings. The van der Waals surface area contributed by atoms with E-state index >= 15 is 0 Å². The average molecular weight is 277 g/mol. The lowest BCUT2D eigenvalue weighted by atomic mass is 9.72. The average Bonchev–Trinajstić information content (AvgIpc) is 2.43. The first kappa shape index (κ1) is 15.2. The van der Waals surface area contributed by atoms with Crippen molar-refractivity contribution < 1.29 is 9.47 Å². The molecule has 1 aromatic carbocycles. The Morgan fingerprint density at radius 1 is 1.25 bits per heavy atom. The third-order valence-electron chi connectivity index (χ3n) is 4.20. The van der Waals surface area contributed by atoms with E-state index in [1.54, 1.807) is 0 Å². The minimum atomic E-state index is 0.0653. The van der Waals surface area contributed by atoms with Gasteiger partial charge in [-0.15, -0.1) is 0 Å². The molecule has 1 aliphatic carbocycles. The second-order valence-corrected chi connectivity index (χ2v) is 6.36. The smallest absolute Gasteiger partial charge is 0.161 e. The van der Waals surface area contributed by atoms with Gasteiger partial charge in [0.15, 0.2) is 11.5 Å². The first-order valence-electron chi connectivity index (χ1n) is 7.68. The van der Waals surface area contributed by atoms with Gasteiger partial charge >= 0.3 is 0 Å². The van der Waals surface area contributed by atoms with Gasteiger partial charge in [0.2, 0.25) is 0 Å². The highest BCUT2D eigenvalue weighted by Crippen LogP contribution is 2.37. The van der Waals surface area contributed by atoms with Crippen molar-refractivity contribution in [2.24, 2.45) is 11.1 Å². The fourth-order valence-electron chi connectivity index (χ4n) is 2.78. The van der Waals surface area contributed by atoms with Crippen molar-refractivity contribution in [2.45, 2.75) is 58.6 Å². The predicted molar refractivity (Wildman–Crippen MR) is 82.3 cm³/mol. The molecular formula is C17H27NO2. The maximum absolute atomic E-state index is 6.39. The Morgan fingerprint density at radius 3 is 2.65 bits per heavy atom. The summed E-state index contributed by atoms with van der Waals surface area (Å²) in [5.74, 6) is 1.64. The molecule has 0 amide bonds. The zero-order valence-electron chi connectivity index (χ0n) is 12.9. The van der Waals surface area contributed by atoms with Crippen molar-refractivity contribution in [1.82, 2.24) is 0 Å². The monoisotopic (exact) mass is 277 g/mol. The lowest BCUT2D eigenvalue weighted by molar-refractivity contribution is 0.0543. The molecule has 1 fully saturated rings. The van der Waals surface area contributed by atoms with Crippen LogP contribution in [0.5, 0.6) is 11.5 Å². The molecule has 3 nitrogen and oxygen atoms in total. The van der Waals surface area contributed by atoms with Crippen LogP contribution in [0.4, 0.5) is 0 Å². The number of ether oxygens (including phenoxy) is 2. The largest absolute Gasteiger partial charge is 0.490 e. The number of rotatable bonds is 5.